The Labute approximate surface area is 201 Å². The summed E-state index contributed by atoms with van der Waals surface area (Å²) >= 11 is 0. The first kappa shape index (κ1) is 26.8. The van der Waals surface area contributed by atoms with E-state index in [2.05, 4.69) is 92.1 Å². The van der Waals surface area contributed by atoms with Gasteiger partial charge in [-0.25, -0.2) is 0 Å². The first-order valence-corrected chi connectivity index (χ1v) is 12.6. The van der Waals surface area contributed by atoms with Crippen LogP contribution in [0.15, 0.2) is 83.5 Å². The Morgan fingerprint density at radius 3 is 2.06 bits per heavy atom. The summed E-state index contributed by atoms with van der Waals surface area (Å²) in [5, 5.41) is 14.1. The molecular formula is C30H43N3. The second-order valence-electron chi connectivity index (χ2n) is 8.59. The van der Waals surface area contributed by atoms with Crippen LogP contribution in [0.5, 0.6) is 0 Å². The second kappa shape index (κ2) is 16.2. The molecule has 0 heterocycles. The van der Waals surface area contributed by atoms with Crippen LogP contribution in [0.25, 0.3) is 0 Å². The van der Waals surface area contributed by atoms with Gasteiger partial charge in [0.05, 0.1) is 6.04 Å². The topological polar surface area (TPSA) is 47.9 Å². The van der Waals surface area contributed by atoms with E-state index in [1.165, 1.54) is 66.2 Å². The van der Waals surface area contributed by atoms with Crippen molar-refractivity contribution in [1.82, 2.24) is 10.6 Å². The summed E-state index contributed by atoms with van der Waals surface area (Å²) in [6.45, 7) is 9.70. The second-order valence-corrected chi connectivity index (χ2v) is 8.59. The summed E-state index contributed by atoms with van der Waals surface area (Å²) in [5.74, 6) is 0. The smallest absolute Gasteiger partial charge is 0.0576 e. The summed E-state index contributed by atoms with van der Waals surface area (Å²) in [5.41, 5.74) is 7.12. The van der Waals surface area contributed by atoms with Gasteiger partial charge in [-0.15, -0.1) is 0 Å². The molecule has 0 amide bonds. The van der Waals surface area contributed by atoms with Crippen LogP contribution in [-0.2, 0) is 0 Å². The molecule has 0 aliphatic heterocycles. The van der Waals surface area contributed by atoms with Crippen molar-refractivity contribution in [3.05, 3.63) is 94.6 Å². The lowest BCUT2D eigenvalue weighted by Gasteiger charge is -2.21. The third-order valence-corrected chi connectivity index (χ3v) is 6.14. The molecular weight excluding hydrogens is 402 g/mol. The van der Waals surface area contributed by atoms with E-state index in [4.69, 9.17) is 5.41 Å². The number of allylic oxidation sites excluding steroid dienone is 4. The van der Waals surface area contributed by atoms with Crippen LogP contribution < -0.4 is 10.6 Å². The molecule has 0 aromatic heterocycles. The Hall–Kier alpha value is -2.49. The van der Waals surface area contributed by atoms with Gasteiger partial charge in [-0.05, 0) is 93.4 Å². The Kier molecular flexibility index (Phi) is 13.1. The molecule has 1 aliphatic rings. The minimum Gasteiger partial charge on any atom is -0.317 e. The maximum Gasteiger partial charge on any atom is 0.0576 e. The third-order valence-electron chi connectivity index (χ3n) is 6.14. The zero-order valence-corrected chi connectivity index (χ0v) is 20.9. The predicted octanol–water partition coefficient (Wildman–Crippen LogP) is 7.23. The fraction of sp³-hybridized carbons (Fsp3) is 0.433. The molecule has 3 nitrogen and oxygen atoms in total. The molecule has 2 aromatic rings. The van der Waals surface area contributed by atoms with Gasteiger partial charge >= 0.3 is 0 Å². The molecule has 1 aliphatic carbocycles. The summed E-state index contributed by atoms with van der Waals surface area (Å²) in [6, 6.07) is 21.4. The maximum absolute atomic E-state index is 7.23. The molecule has 1 fully saturated rings. The fourth-order valence-corrected chi connectivity index (χ4v) is 4.43. The standard InChI is InChI=1S/C15H26N2.C15H17N/c1-3-17-12-6-7-13(2)15-9-5-4-8-14(15)10-11-16;1-2-16-15(13-9-5-3-6-10-13)14-11-7-4-8-12-14/h10-11,16-17H,3-9,12H2,1-2H3;3-12,15-16H,2H2,1H3/b14-10-,15-13+,16-11?;. The largest absolute Gasteiger partial charge is 0.317 e. The van der Waals surface area contributed by atoms with Gasteiger partial charge in [0.25, 0.3) is 0 Å². The van der Waals surface area contributed by atoms with Crippen LogP contribution >= 0.6 is 0 Å². The van der Waals surface area contributed by atoms with Gasteiger partial charge in [0.1, 0.15) is 0 Å². The number of hydrogen-bond acceptors (Lipinski definition) is 3. The van der Waals surface area contributed by atoms with Gasteiger partial charge in [-0.1, -0.05) is 80.1 Å². The highest BCUT2D eigenvalue weighted by Crippen LogP contribution is 2.32. The highest BCUT2D eigenvalue weighted by Gasteiger charge is 2.13. The predicted molar refractivity (Wildman–Crippen MR) is 144 cm³/mol. The van der Waals surface area contributed by atoms with Gasteiger partial charge < -0.3 is 16.0 Å². The van der Waals surface area contributed by atoms with E-state index >= 15 is 0 Å². The minimum absolute atomic E-state index is 0.299. The normalized spacial score (nSPS) is 16.3. The van der Waals surface area contributed by atoms with Crippen LogP contribution in [0.1, 0.15) is 76.5 Å². The van der Waals surface area contributed by atoms with Crippen molar-refractivity contribution in [2.45, 2.75) is 65.3 Å². The quantitative estimate of drug-likeness (QED) is 0.267. The summed E-state index contributed by atoms with van der Waals surface area (Å²) in [6.07, 6.45) is 10.8. The SMILES string of the molecule is CCNC(c1ccccc1)c1ccccc1.CCNCCC/C(C)=C1\CCCC\C1=C\C=N. The van der Waals surface area contributed by atoms with Crippen LogP contribution in [0.3, 0.4) is 0 Å². The lowest BCUT2D eigenvalue weighted by atomic mass is 9.85. The van der Waals surface area contributed by atoms with Crippen LogP contribution in [0, 0.1) is 5.41 Å². The Morgan fingerprint density at radius 2 is 1.52 bits per heavy atom. The summed E-state index contributed by atoms with van der Waals surface area (Å²) in [4.78, 5) is 0. The maximum atomic E-state index is 7.23. The van der Waals surface area contributed by atoms with Gasteiger partial charge in [0.2, 0.25) is 0 Å². The summed E-state index contributed by atoms with van der Waals surface area (Å²) < 4.78 is 0. The lowest BCUT2D eigenvalue weighted by Crippen LogP contribution is -2.21. The molecule has 3 heteroatoms. The first-order chi connectivity index (χ1) is 16.2. The van der Waals surface area contributed by atoms with E-state index < -0.39 is 0 Å². The Balaban J connectivity index is 0.000000234. The van der Waals surface area contributed by atoms with Crippen LogP contribution in [0.2, 0.25) is 0 Å². The van der Waals surface area contributed by atoms with E-state index in [0.29, 0.717) is 6.04 Å². The van der Waals surface area contributed by atoms with Crippen LogP contribution in [0.4, 0.5) is 0 Å². The minimum atomic E-state index is 0.299. The Bertz CT molecular complexity index is 813. The van der Waals surface area contributed by atoms with Crippen LogP contribution in [-0.4, -0.2) is 25.8 Å². The fourth-order valence-electron chi connectivity index (χ4n) is 4.43. The third kappa shape index (κ3) is 9.49. The molecule has 0 saturated heterocycles. The van der Waals surface area contributed by atoms with Crippen molar-refractivity contribution in [3.63, 3.8) is 0 Å². The van der Waals surface area contributed by atoms with Gasteiger partial charge in [-0.2, -0.15) is 0 Å². The molecule has 33 heavy (non-hydrogen) atoms. The van der Waals surface area contributed by atoms with E-state index in [0.717, 1.165) is 26.1 Å². The zero-order chi connectivity index (χ0) is 23.7. The molecule has 0 atom stereocenters. The highest BCUT2D eigenvalue weighted by atomic mass is 14.9. The Morgan fingerprint density at radius 1 is 0.909 bits per heavy atom. The molecule has 1 saturated carbocycles. The average Bonchev–Trinajstić information content (AvgIpc) is 2.87. The molecule has 0 spiro atoms. The van der Waals surface area contributed by atoms with E-state index in [1.54, 1.807) is 0 Å². The number of benzene rings is 2. The molecule has 0 radical (unpaired) electrons. The highest BCUT2D eigenvalue weighted by molar-refractivity contribution is 5.71. The zero-order valence-electron chi connectivity index (χ0n) is 20.9. The lowest BCUT2D eigenvalue weighted by molar-refractivity contribution is 0.631. The van der Waals surface area contributed by atoms with Crippen molar-refractivity contribution < 1.29 is 0 Å². The van der Waals surface area contributed by atoms with Gasteiger partial charge in [0, 0.05) is 6.21 Å². The van der Waals surface area contributed by atoms with Crippen molar-refractivity contribution in [1.29, 1.82) is 5.41 Å². The molecule has 2 aromatic carbocycles. The van der Waals surface area contributed by atoms with E-state index in [9.17, 15) is 0 Å². The van der Waals surface area contributed by atoms with Crippen molar-refractivity contribution in [3.8, 4) is 0 Å². The molecule has 3 rings (SSSR count). The molecule has 0 bridgehead atoms. The number of rotatable bonds is 10. The monoisotopic (exact) mass is 445 g/mol. The van der Waals surface area contributed by atoms with E-state index in [-0.39, 0.29) is 0 Å². The van der Waals surface area contributed by atoms with Crippen molar-refractivity contribution in [2.75, 3.05) is 19.6 Å². The first-order valence-electron chi connectivity index (χ1n) is 12.6. The molecule has 0 unspecified atom stereocenters. The molecule has 3 N–H and O–H groups in total. The van der Waals surface area contributed by atoms with E-state index in [1.807, 2.05) is 6.08 Å². The van der Waals surface area contributed by atoms with Crippen molar-refractivity contribution >= 4 is 6.21 Å². The molecule has 178 valence electrons. The number of nitrogens with one attached hydrogen (secondary N) is 3. The van der Waals surface area contributed by atoms with Gasteiger partial charge in [-0.3, -0.25) is 0 Å². The van der Waals surface area contributed by atoms with Gasteiger partial charge in [0.15, 0.2) is 0 Å². The number of hydrogen-bond donors (Lipinski definition) is 3. The average molecular weight is 446 g/mol. The van der Waals surface area contributed by atoms with Crippen molar-refractivity contribution in [2.24, 2.45) is 0 Å². The summed E-state index contributed by atoms with van der Waals surface area (Å²) in [7, 11) is 0.